The molecule has 0 aromatic carbocycles. The highest BCUT2D eigenvalue weighted by atomic mass is 16.6. The largest absolute Gasteiger partial charge is 0.273 e. The van der Waals surface area contributed by atoms with Crippen LogP contribution < -0.4 is 0 Å². The van der Waals surface area contributed by atoms with Crippen molar-refractivity contribution < 1.29 is 9.72 Å². The van der Waals surface area contributed by atoms with Gasteiger partial charge in [-0.25, -0.2) is 4.68 Å². The van der Waals surface area contributed by atoms with Gasteiger partial charge in [0.25, 0.3) is 0 Å². The average Bonchev–Trinajstić information content (AvgIpc) is 2.43. The molecule has 0 bridgehead atoms. The summed E-state index contributed by atoms with van der Waals surface area (Å²) in [4.78, 5) is 21.6. The van der Waals surface area contributed by atoms with E-state index in [1.165, 1.54) is 4.68 Å². The first kappa shape index (κ1) is 12.4. The van der Waals surface area contributed by atoms with Crippen LogP contribution in [0.2, 0.25) is 0 Å². The van der Waals surface area contributed by atoms with Crippen LogP contribution in [0.1, 0.15) is 29.5 Å². The van der Waals surface area contributed by atoms with Crippen molar-refractivity contribution in [1.29, 1.82) is 0 Å². The fourth-order valence-corrected chi connectivity index (χ4v) is 1.58. The van der Waals surface area contributed by atoms with Crippen LogP contribution in [0.3, 0.4) is 0 Å². The predicted octanol–water partition coefficient (Wildman–Crippen LogP) is 1.44. The molecular weight excluding hydrogens is 210 g/mol. The second-order valence-corrected chi connectivity index (χ2v) is 4.06. The molecule has 0 aliphatic heterocycles. The minimum absolute atomic E-state index is 0.142. The summed E-state index contributed by atoms with van der Waals surface area (Å²) >= 11 is 0. The molecule has 6 nitrogen and oxygen atoms in total. The lowest BCUT2D eigenvalue weighted by Crippen LogP contribution is -2.21. The number of aromatic nitrogens is 2. The molecule has 88 valence electrons. The SMILES string of the molecule is Cc1cc(C)n(C(=O)C[C@H](C)C[N+](=O)[O-])n1. The minimum Gasteiger partial charge on any atom is -0.273 e. The second-order valence-electron chi connectivity index (χ2n) is 4.06. The topological polar surface area (TPSA) is 78.0 Å². The minimum atomic E-state index is -0.404. The van der Waals surface area contributed by atoms with E-state index in [-0.39, 0.29) is 24.8 Å². The Bertz CT molecular complexity index is 411. The van der Waals surface area contributed by atoms with Crippen LogP contribution in [0.15, 0.2) is 6.07 Å². The van der Waals surface area contributed by atoms with E-state index in [0.717, 1.165) is 11.4 Å². The smallest absolute Gasteiger partial charge is 0.247 e. The number of rotatable bonds is 4. The molecule has 0 radical (unpaired) electrons. The van der Waals surface area contributed by atoms with Gasteiger partial charge in [-0.05, 0) is 19.9 Å². The highest BCUT2D eigenvalue weighted by Gasteiger charge is 2.17. The van der Waals surface area contributed by atoms with Gasteiger partial charge < -0.3 is 0 Å². The number of aryl methyl sites for hydroxylation is 2. The molecule has 0 saturated carbocycles. The Morgan fingerprint density at radius 3 is 2.69 bits per heavy atom. The Morgan fingerprint density at radius 1 is 1.62 bits per heavy atom. The molecule has 0 aliphatic rings. The van der Waals surface area contributed by atoms with Gasteiger partial charge in [0.1, 0.15) is 0 Å². The number of carbonyl (C=O) groups excluding carboxylic acids is 1. The van der Waals surface area contributed by atoms with E-state index in [0.29, 0.717) is 0 Å². The Kier molecular flexibility index (Phi) is 3.76. The molecule has 6 heteroatoms. The lowest BCUT2D eigenvalue weighted by Gasteiger charge is -2.06. The highest BCUT2D eigenvalue weighted by molar-refractivity contribution is 5.78. The molecule has 1 aromatic heterocycles. The molecule has 0 spiro atoms. The summed E-state index contributed by atoms with van der Waals surface area (Å²) in [7, 11) is 0. The van der Waals surface area contributed by atoms with Crippen LogP contribution >= 0.6 is 0 Å². The Labute approximate surface area is 93.4 Å². The summed E-state index contributed by atoms with van der Waals surface area (Å²) in [6.07, 6.45) is 0.142. The van der Waals surface area contributed by atoms with E-state index in [1.807, 2.05) is 0 Å². The van der Waals surface area contributed by atoms with Crippen molar-refractivity contribution in [3.63, 3.8) is 0 Å². The van der Waals surface area contributed by atoms with Crippen molar-refractivity contribution in [3.05, 3.63) is 27.6 Å². The first-order valence-electron chi connectivity index (χ1n) is 5.08. The van der Waals surface area contributed by atoms with Crippen molar-refractivity contribution in [3.8, 4) is 0 Å². The molecule has 1 atom stereocenters. The summed E-state index contributed by atoms with van der Waals surface area (Å²) in [5, 5.41) is 14.3. The van der Waals surface area contributed by atoms with E-state index in [1.54, 1.807) is 26.8 Å². The van der Waals surface area contributed by atoms with E-state index in [2.05, 4.69) is 5.10 Å². The van der Waals surface area contributed by atoms with E-state index in [4.69, 9.17) is 0 Å². The summed E-state index contributed by atoms with van der Waals surface area (Å²) in [5.74, 6) is -0.466. The quantitative estimate of drug-likeness (QED) is 0.573. The molecule has 1 heterocycles. The second kappa shape index (κ2) is 4.87. The van der Waals surface area contributed by atoms with Crippen molar-refractivity contribution in [2.75, 3.05) is 6.54 Å². The highest BCUT2D eigenvalue weighted by Crippen LogP contribution is 2.08. The summed E-state index contributed by atoms with van der Waals surface area (Å²) in [5.41, 5.74) is 1.53. The van der Waals surface area contributed by atoms with Crippen molar-refractivity contribution in [2.24, 2.45) is 5.92 Å². The maximum atomic E-state index is 11.7. The molecule has 0 saturated heterocycles. The fraction of sp³-hybridized carbons (Fsp3) is 0.600. The number of hydrogen-bond donors (Lipinski definition) is 0. The summed E-state index contributed by atoms with van der Waals surface area (Å²) in [6.45, 7) is 5.09. The molecule has 0 aliphatic carbocycles. The zero-order chi connectivity index (χ0) is 12.3. The van der Waals surface area contributed by atoms with Crippen LogP contribution in [0.25, 0.3) is 0 Å². The van der Waals surface area contributed by atoms with E-state index in [9.17, 15) is 14.9 Å². The van der Waals surface area contributed by atoms with Crippen molar-refractivity contribution in [1.82, 2.24) is 9.78 Å². The van der Waals surface area contributed by atoms with Gasteiger partial charge in [-0.3, -0.25) is 14.9 Å². The number of nitrogens with zero attached hydrogens (tertiary/aromatic N) is 3. The predicted molar refractivity (Wildman–Crippen MR) is 58.0 cm³/mol. The van der Waals surface area contributed by atoms with Gasteiger partial charge in [0.05, 0.1) is 5.69 Å². The monoisotopic (exact) mass is 225 g/mol. The van der Waals surface area contributed by atoms with Crippen molar-refractivity contribution in [2.45, 2.75) is 27.2 Å². The molecule has 0 N–H and O–H groups in total. The van der Waals surface area contributed by atoms with Crippen LogP contribution in [-0.4, -0.2) is 27.2 Å². The average molecular weight is 225 g/mol. The molecule has 1 aromatic rings. The Hall–Kier alpha value is -1.72. The van der Waals surface area contributed by atoms with Crippen LogP contribution in [0.5, 0.6) is 0 Å². The zero-order valence-corrected chi connectivity index (χ0v) is 9.64. The molecule has 0 unspecified atom stereocenters. The van der Waals surface area contributed by atoms with Gasteiger partial charge in [0.15, 0.2) is 0 Å². The van der Waals surface area contributed by atoms with Gasteiger partial charge >= 0.3 is 0 Å². The van der Waals surface area contributed by atoms with Crippen LogP contribution in [-0.2, 0) is 0 Å². The lowest BCUT2D eigenvalue weighted by atomic mass is 10.1. The molecular formula is C10H15N3O3. The van der Waals surface area contributed by atoms with E-state index < -0.39 is 4.92 Å². The van der Waals surface area contributed by atoms with Gasteiger partial charge in [-0.15, -0.1) is 0 Å². The van der Waals surface area contributed by atoms with Gasteiger partial charge in [-0.1, -0.05) is 6.92 Å². The molecule has 0 amide bonds. The first-order valence-corrected chi connectivity index (χ1v) is 5.08. The maximum absolute atomic E-state index is 11.7. The van der Waals surface area contributed by atoms with Gasteiger partial charge in [-0.2, -0.15) is 5.10 Å². The zero-order valence-electron chi connectivity index (χ0n) is 9.64. The standard InChI is InChI=1S/C10H15N3O3/c1-7(6-12(15)16)4-10(14)13-9(3)5-8(2)11-13/h5,7H,4,6H2,1-3H3/t7-/m0/s1. The first-order chi connectivity index (χ1) is 7.40. The number of nitro groups is 1. The van der Waals surface area contributed by atoms with Crippen molar-refractivity contribution >= 4 is 5.91 Å². The third kappa shape index (κ3) is 3.15. The normalized spacial score (nSPS) is 12.4. The lowest BCUT2D eigenvalue weighted by molar-refractivity contribution is -0.487. The van der Waals surface area contributed by atoms with Crippen LogP contribution in [0, 0.1) is 29.9 Å². The van der Waals surface area contributed by atoms with Crippen LogP contribution in [0.4, 0.5) is 0 Å². The third-order valence-corrected chi connectivity index (χ3v) is 2.23. The third-order valence-electron chi connectivity index (χ3n) is 2.23. The number of carbonyl (C=O) groups is 1. The van der Waals surface area contributed by atoms with Gasteiger partial charge in [0.2, 0.25) is 12.5 Å². The summed E-state index contributed by atoms with van der Waals surface area (Å²) in [6, 6.07) is 1.80. The molecule has 0 fully saturated rings. The van der Waals surface area contributed by atoms with Gasteiger partial charge in [0, 0.05) is 23.0 Å². The summed E-state index contributed by atoms with van der Waals surface area (Å²) < 4.78 is 1.31. The maximum Gasteiger partial charge on any atom is 0.247 e. The Morgan fingerprint density at radius 2 is 2.25 bits per heavy atom. The Balaban J connectivity index is 2.65. The number of hydrogen-bond acceptors (Lipinski definition) is 4. The van der Waals surface area contributed by atoms with E-state index >= 15 is 0 Å². The fourth-order valence-electron chi connectivity index (χ4n) is 1.58. The molecule has 1 rings (SSSR count). The molecule has 16 heavy (non-hydrogen) atoms.